The van der Waals surface area contributed by atoms with Crippen LogP contribution in [0.5, 0.6) is 0 Å². The molecule has 3 aliphatic heterocycles. The predicted molar refractivity (Wildman–Crippen MR) is 188 cm³/mol. The first-order valence-electron chi connectivity index (χ1n) is 18.3. The zero-order valence-corrected chi connectivity index (χ0v) is 30.7. The molecule has 10 heteroatoms. The van der Waals surface area contributed by atoms with Crippen molar-refractivity contribution in [3.8, 4) is 0 Å². The predicted octanol–water partition coefficient (Wildman–Crippen LogP) is 4.63. The minimum Gasteiger partial charge on any atom is -0.456 e. The molecule has 1 N–H and O–H groups in total. The normalized spacial score (nSPS) is 24.3. The third-order valence-corrected chi connectivity index (χ3v) is 10.8. The molecule has 10 nitrogen and oxygen atoms in total. The van der Waals surface area contributed by atoms with Crippen LogP contribution in [0.3, 0.4) is 0 Å². The highest BCUT2D eigenvalue weighted by Gasteiger charge is 2.44. The smallest absolute Gasteiger partial charge is 0.329 e. The van der Waals surface area contributed by atoms with Crippen LogP contribution in [0.2, 0.25) is 0 Å². The summed E-state index contributed by atoms with van der Waals surface area (Å²) in [5, 5.41) is 3.14. The molecular weight excluding hydrogens is 606 g/mol. The van der Waals surface area contributed by atoms with E-state index in [2.05, 4.69) is 29.0 Å². The Bertz CT molecular complexity index is 1250. The van der Waals surface area contributed by atoms with E-state index in [1.165, 1.54) is 0 Å². The number of hydrogen-bond acceptors (Lipinski definition) is 7. The Kier molecular flexibility index (Phi) is 13.1. The Morgan fingerprint density at radius 2 is 1.56 bits per heavy atom. The summed E-state index contributed by atoms with van der Waals surface area (Å²) in [6.45, 7) is 14.9. The standard InChI is InChI=1S/C38H61N5O5/c1-9-32(27-17-11-10-12-18-27)48-37(47)30-21-16-24-43(30)35(45)29-20-15-23-42(29)25-31(26(2)3)41(8)36(46)33(38(4,5)6)39-34(44)28-19-13-14-22-40(28)7/h10-12,17-18,26,28-33H,9,13-16,19-25H2,1-8H3,(H,39,44). The molecule has 3 fully saturated rings. The molecule has 0 bridgehead atoms. The van der Waals surface area contributed by atoms with Gasteiger partial charge < -0.3 is 19.9 Å². The van der Waals surface area contributed by atoms with E-state index in [9.17, 15) is 19.2 Å². The molecule has 3 amide bonds. The second kappa shape index (κ2) is 16.6. The maximum absolute atomic E-state index is 14.2. The lowest BCUT2D eigenvalue weighted by molar-refractivity contribution is -0.159. The number of carbonyl (C=O) groups excluding carboxylic acids is 4. The number of esters is 1. The number of rotatable bonds is 12. The van der Waals surface area contributed by atoms with Crippen molar-refractivity contribution in [1.82, 2.24) is 24.9 Å². The molecule has 48 heavy (non-hydrogen) atoms. The van der Waals surface area contributed by atoms with Crippen molar-refractivity contribution in [2.24, 2.45) is 11.3 Å². The van der Waals surface area contributed by atoms with Gasteiger partial charge >= 0.3 is 5.97 Å². The fourth-order valence-electron chi connectivity index (χ4n) is 7.75. The molecule has 0 radical (unpaired) electrons. The van der Waals surface area contributed by atoms with Crippen molar-refractivity contribution in [2.75, 3.05) is 40.3 Å². The van der Waals surface area contributed by atoms with Gasteiger partial charge in [0.25, 0.3) is 0 Å². The summed E-state index contributed by atoms with van der Waals surface area (Å²) < 4.78 is 5.99. The number of amides is 3. The van der Waals surface area contributed by atoms with Crippen molar-refractivity contribution >= 4 is 23.7 Å². The average molecular weight is 668 g/mol. The molecule has 0 aliphatic carbocycles. The summed E-state index contributed by atoms with van der Waals surface area (Å²) in [5.41, 5.74) is 0.470. The van der Waals surface area contributed by atoms with Gasteiger partial charge in [-0.25, -0.2) is 4.79 Å². The van der Waals surface area contributed by atoms with Crippen LogP contribution >= 0.6 is 0 Å². The highest BCUT2D eigenvalue weighted by molar-refractivity contribution is 5.91. The van der Waals surface area contributed by atoms with Crippen molar-refractivity contribution in [3.63, 3.8) is 0 Å². The van der Waals surface area contributed by atoms with Crippen LogP contribution in [0.1, 0.15) is 105 Å². The van der Waals surface area contributed by atoms with E-state index in [-0.39, 0.29) is 53.8 Å². The lowest BCUT2D eigenvalue weighted by Crippen LogP contribution is -2.61. The van der Waals surface area contributed by atoms with E-state index in [4.69, 9.17) is 4.74 Å². The third-order valence-electron chi connectivity index (χ3n) is 10.8. The Morgan fingerprint density at radius 1 is 0.917 bits per heavy atom. The van der Waals surface area contributed by atoms with Crippen molar-refractivity contribution in [3.05, 3.63) is 35.9 Å². The van der Waals surface area contributed by atoms with Gasteiger partial charge in [0.2, 0.25) is 17.7 Å². The molecule has 268 valence electrons. The summed E-state index contributed by atoms with van der Waals surface area (Å²) in [7, 11) is 3.81. The summed E-state index contributed by atoms with van der Waals surface area (Å²) in [6, 6.07) is 7.76. The fraction of sp³-hybridized carbons (Fsp3) is 0.737. The Labute approximate surface area is 288 Å². The number of nitrogens with zero attached hydrogens (tertiary/aromatic N) is 4. The minimum atomic E-state index is -0.679. The van der Waals surface area contributed by atoms with Crippen LogP contribution in [-0.2, 0) is 23.9 Å². The van der Waals surface area contributed by atoms with E-state index in [0.717, 1.165) is 57.2 Å². The second-order valence-electron chi connectivity index (χ2n) is 15.6. The minimum absolute atomic E-state index is 0.0207. The number of benzene rings is 1. The first kappa shape index (κ1) is 37.8. The van der Waals surface area contributed by atoms with Gasteiger partial charge in [-0.1, -0.05) is 78.3 Å². The zero-order valence-electron chi connectivity index (χ0n) is 30.7. The molecule has 3 aliphatic rings. The zero-order chi connectivity index (χ0) is 35.2. The molecule has 1 aromatic rings. The van der Waals surface area contributed by atoms with Gasteiger partial charge in [0, 0.05) is 26.2 Å². The molecule has 3 saturated heterocycles. The molecule has 6 atom stereocenters. The van der Waals surface area contributed by atoms with E-state index in [1.54, 1.807) is 9.80 Å². The van der Waals surface area contributed by atoms with Crippen molar-refractivity contribution in [2.45, 2.75) is 129 Å². The first-order valence-corrected chi connectivity index (χ1v) is 18.3. The number of likely N-dealkylation sites (N-methyl/N-ethyl adjacent to an activating group) is 2. The van der Waals surface area contributed by atoms with Gasteiger partial charge in [0.1, 0.15) is 18.2 Å². The number of likely N-dealkylation sites (tertiary alicyclic amines) is 3. The van der Waals surface area contributed by atoms with Crippen LogP contribution in [-0.4, -0.2) is 114 Å². The van der Waals surface area contributed by atoms with Crippen LogP contribution in [0.25, 0.3) is 0 Å². The molecule has 6 unspecified atom stereocenters. The average Bonchev–Trinajstić information content (AvgIpc) is 3.74. The molecule has 1 aromatic carbocycles. The number of piperidine rings is 1. The van der Waals surface area contributed by atoms with Crippen molar-refractivity contribution < 1.29 is 23.9 Å². The number of nitrogens with one attached hydrogen (secondary N) is 1. The highest BCUT2D eigenvalue weighted by Crippen LogP contribution is 2.30. The monoisotopic (exact) mass is 667 g/mol. The van der Waals surface area contributed by atoms with Crippen LogP contribution < -0.4 is 5.32 Å². The second-order valence-corrected chi connectivity index (χ2v) is 15.6. The largest absolute Gasteiger partial charge is 0.456 e. The van der Waals surface area contributed by atoms with Crippen LogP contribution in [0.4, 0.5) is 0 Å². The van der Waals surface area contributed by atoms with Crippen molar-refractivity contribution in [1.29, 1.82) is 0 Å². The van der Waals surface area contributed by atoms with Gasteiger partial charge in [-0.05, 0) is 82.0 Å². The van der Waals surface area contributed by atoms with Crippen LogP contribution in [0.15, 0.2) is 30.3 Å². The maximum Gasteiger partial charge on any atom is 0.329 e. The van der Waals surface area contributed by atoms with E-state index >= 15 is 0 Å². The molecule has 0 aromatic heterocycles. The van der Waals surface area contributed by atoms with Gasteiger partial charge in [-0.3, -0.25) is 24.2 Å². The lowest BCUT2D eigenvalue weighted by Gasteiger charge is -2.41. The Balaban J connectivity index is 1.44. The third kappa shape index (κ3) is 8.97. The van der Waals surface area contributed by atoms with Gasteiger partial charge in [-0.15, -0.1) is 0 Å². The highest BCUT2D eigenvalue weighted by atomic mass is 16.5. The van der Waals surface area contributed by atoms with E-state index in [0.29, 0.717) is 25.9 Å². The Morgan fingerprint density at radius 3 is 2.19 bits per heavy atom. The van der Waals surface area contributed by atoms with Crippen LogP contribution in [0, 0.1) is 11.3 Å². The molecule has 4 rings (SSSR count). The summed E-state index contributed by atoms with van der Waals surface area (Å²) in [4.78, 5) is 63.1. The van der Waals surface area contributed by atoms with Gasteiger partial charge in [-0.2, -0.15) is 0 Å². The van der Waals surface area contributed by atoms with Gasteiger partial charge in [0.15, 0.2) is 0 Å². The quantitative estimate of drug-likeness (QED) is 0.325. The fourth-order valence-corrected chi connectivity index (χ4v) is 7.75. The summed E-state index contributed by atoms with van der Waals surface area (Å²) in [5.74, 6) is -0.428. The lowest BCUT2D eigenvalue weighted by atomic mass is 9.84. The molecule has 0 saturated carbocycles. The molecular formula is C38H61N5O5. The molecule has 0 spiro atoms. The van der Waals surface area contributed by atoms with E-state index in [1.807, 2.05) is 72.1 Å². The van der Waals surface area contributed by atoms with E-state index < -0.39 is 17.5 Å². The SMILES string of the molecule is CCC(OC(=O)C1CCCN1C(=O)C1CCCN1CC(C(C)C)N(C)C(=O)C(NC(=O)C1CCCCN1C)C(C)(C)C)c1ccccc1. The molecule has 3 heterocycles. The number of ether oxygens (including phenoxy) is 1. The summed E-state index contributed by atoms with van der Waals surface area (Å²) in [6.07, 6.45) is 6.17. The number of carbonyl (C=O) groups is 4. The summed E-state index contributed by atoms with van der Waals surface area (Å²) >= 11 is 0. The van der Waals surface area contributed by atoms with Gasteiger partial charge in [0.05, 0.1) is 12.1 Å². The maximum atomic E-state index is 14.2. The first-order chi connectivity index (χ1) is 22.7. The number of hydrogen-bond donors (Lipinski definition) is 1. The Hall–Kier alpha value is -2.98. The topological polar surface area (TPSA) is 102 Å².